The van der Waals surface area contributed by atoms with Crippen LogP contribution in [-0.4, -0.2) is 22.0 Å². The van der Waals surface area contributed by atoms with Crippen LogP contribution in [0, 0.1) is 0 Å². The molecule has 1 aromatic rings. The summed E-state index contributed by atoms with van der Waals surface area (Å²) in [6.45, 7) is 0. The van der Waals surface area contributed by atoms with Gasteiger partial charge in [-0.05, 0) is 12.8 Å². The lowest BCUT2D eigenvalue weighted by molar-refractivity contribution is -0.129. The highest BCUT2D eigenvalue weighted by molar-refractivity contribution is 5.83. The molecule has 0 radical (unpaired) electrons. The maximum absolute atomic E-state index is 11.0. The van der Waals surface area contributed by atoms with Crippen LogP contribution < -0.4 is 0 Å². The van der Waals surface area contributed by atoms with Crippen molar-refractivity contribution in [3.05, 3.63) is 18.4 Å². The Balaban J connectivity index is 2.07. The van der Waals surface area contributed by atoms with Crippen molar-refractivity contribution in [2.45, 2.75) is 31.3 Å². The Morgan fingerprint density at radius 2 is 2.46 bits per heavy atom. The summed E-state index contributed by atoms with van der Waals surface area (Å²) < 4.78 is 5.12. The Hall–Kier alpha value is -1.16. The number of Topliss-reactive ketones (excluding diaryl/α,β-unsaturated/α-hetero) is 1. The summed E-state index contributed by atoms with van der Waals surface area (Å²) in [7, 11) is 0. The Kier molecular flexibility index (Phi) is 2.14. The number of carbonyl (C=O) groups is 1. The van der Waals surface area contributed by atoms with E-state index in [2.05, 4.69) is 4.98 Å². The highest BCUT2D eigenvalue weighted by Gasteiger charge is 2.29. The first-order valence-corrected chi connectivity index (χ1v) is 4.37. The Morgan fingerprint density at radius 3 is 3.08 bits per heavy atom. The van der Waals surface area contributed by atoms with Crippen LogP contribution in [0.4, 0.5) is 0 Å². The van der Waals surface area contributed by atoms with Gasteiger partial charge in [0.1, 0.15) is 12.4 Å². The predicted molar refractivity (Wildman–Crippen MR) is 44.1 cm³/mol. The van der Waals surface area contributed by atoms with Crippen LogP contribution in [-0.2, 0) is 4.79 Å². The van der Waals surface area contributed by atoms with Gasteiger partial charge in [0.05, 0.1) is 6.20 Å². The molecule has 2 atom stereocenters. The van der Waals surface area contributed by atoms with Crippen LogP contribution in [0.25, 0.3) is 0 Å². The van der Waals surface area contributed by atoms with Crippen molar-refractivity contribution in [2.24, 2.45) is 0 Å². The van der Waals surface area contributed by atoms with Gasteiger partial charge in [0.25, 0.3) is 0 Å². The van der Waals surface area contributed by atoms with E-state index in [1.807, 2.05) is 0 Å². The van der Waals surface area contributed by atoms with E-state index in [1.165, 1.54) is 6.26 Å². The van der Waals surface area contributed by atoms with Crippen LogP contribution in [0.1, 0.15) is 31.1 Å². The summed E-state index contributed by atoms with van der Waals surface area (Å²) in [4.78, 5) is 15.0. The maximum Gasteiger partial charge on any atom is 0.197 e. The van der Waals surface area contributed by atoms with Crippen molar-refractivity contribution in [1.82, 2.24) is 4.98 Å². The molecule has 4 heteroatoms. The molecule has 0 aliphatic heterocycles. The molecule has 1 saturated carbocycles. The van der Waals surface area contributed by atoms with Crippen LogP contribution in [0.3, 0.4) is 0 Å². The van der Waals surface area contributed by atoms with E-state index in [0.717, 1.165) is 6.42 Å². The summed E-state index contributed by atoms with van der Waals surface area (Å²) in [5.41, 5.74) is 0. The summed E-state index contributed by atoms with van der Waals surface area (Å²) in [5.74, 6) is 0.664. The van der Waals surface area contributed by atoms with E-state index < -0.39 is 6.10 Å². The summed E-state index contributed by atoms with van der Waals surface area (Å²) in [6, 6.07) is 0. The van der Waals surface area contributed by atoms with E-state index in [1.54, 1.807) is 6.20 Å². The molecule has 0 spiro atoms. The minimum absolute atomic E-state index is 0.0668. The molecule has 1 aliphatic carbocycles. The summed E-state index contributed by atoms with van der Waals surface area (Å²) in [6.07, 6.45) is 3.87. The second-order valence-electron chi connectivity index (χ2n) is 3.32. The molecule has 0 bridgehead atoms. The quantitative estimate of drug-likeness (QED) is 0.698. The van der Waals surface area contributed by atoms with Crippen molar-refractivity contribution in [3.63, 3.8) is 0 Å². The van der Waals surface area contributed by atoms with Gasteiger partial charge in [-0.25, -0.2) is 4.98 Å². The van der Waals surface area contributed by atoms with E-state index in [9.17, 15) is 9.90 Å². The van der Waals surface area contributed by atoms with Crippen molar-refractivity contribution < 1.29 is 14.3 Å². The van der Waals surface area contributed by atoms with Gasteiger partial charge in [-0.2, -0.15) is 0 Å². The number of aliphatic hydroxyl groups excluding tert-OH is 1. The van der Waals surface area contributed by atoms with Crippen LogP contribution in [0.5, 0.6) is 0 Å². The molecular formula is C9H11NO3. The van der Waals surface area contributed by atoms with Gasteiger partial charge in [-0.3, -0.25) is 4.79 Å². The second kappa shape index (κ2) is 3.30. The molecule has 13 heavy (non-hydrogen) atoms. The van der Waals surface area contributed by atoms with Gasteiger partial charge in [0.15, 0.2) is 11.7 Å². The minimum Gasteiger partial charge on any atom is -0.449 e. The summed E-state index contributed by atoms with van der Waals surface area (Å²) >= 11 is 0. The van der Waals surface area contributed by atoms with E-state index in [0.29, 0.717) is 18.7 Å². The normalized spacial score (nSPS) is 29.2. The lowest BCUT2D eigenvalue weighted by Gasteiger charge is -2.22. The molecule has 2 rings (SSSR count). The average molecular weight is 181 g/mol. The first-order valence-electron chi connectivity index (χ1n) is 4.37. The number of carbonyl (C=O) groups excluding carboxylic acids is 1. The van der Waals surface area contributed by atoms with E-state index in [4.69, 9.17) is 4.42 Å². The zero-order chi connectivity index (χ0) is 9.26. The number of nitrogens with zero attached hydrogens (tertiary/aromatic N) is 1. The molecule has 4 nitrogen and oxygen atoms in total. The van der Waals surface area contributed by atoms with Gasteiger partial charge in [-0.1, -0.05) is 0 Å². The average Bonchev–Trinajstić information content (AvgIpc) is 2.62. The zero-order valence-corrected chi connectivity index (χ0v) is 7.14. The second-order valence-corrected chi connectivity index (χ2v) is 3.32. The molecule has 2 unspecified atom stereocenters. The third-order valence-corrected chi connectivity index (χ3v) is 2.42. The zero-order valence-electron chi connectivity index (χ0n) is 7.14. The number of aliphatic hydroxyl groups is 1. The van der Waals surface area contributed by atoms with E-state index in [-0.39, 0.29) is 11.7 Å². The fraction of sp³-hybridized carbons (Fsp3) is 0.556. The van der Waals surface area contributed by atoms with Crippen LogP contribution in [0.15, 0.2) is 16.9 Å². The largest absolute Gasteiger partial charge is 0.449 e. The first-order chi connectivity index (χ1) is 6.27. The molecular weight excluding hydrogens is 170 g/mol. The standard InChI is InChI=1S/C9H11NO3/c11-7-2-1-6(5-8(7)12)9-10-3-4-13-9/h3-4,6,8,12H,1-2,5H2. The SMILES string of the molecule is O=C1CCC(c2ncco2)CC1O. The topological polar surface area (TPSA) is 63.3 Å². The number of oxazole rings is 1. The molecule has 1 fully saturated rings. The van der Waals surface area contributed by atoms with Crippen molar-refractivity contribution in [1.29, 1.82) is 0 Å². The molecule has 1 aromatic heterocycles. The molecule has 1 N–H and O–H groups in total. The van der Waals surface area contributed by atoms with Crippen molar-refractivity contribution >= 4 is 5.78 Å². The van der Waals surface area contributed by atoms with Gasteiger partial charge >= 0.3 is 0 Å². The predicted octanol–water partition coefficient (Wildman–Crippen LogP) is 0.872. The molecule has 70 valence electrons. The monoisotopic (exact) mass is 181 g/mol. The fourth-order valence-electron chi connectivity index (χ4n) is 1.66. The highest BCUT2D eigenvalue weighted by Crippen LogP contribution is 2.30. The Labute approximate surface area is 75.6 Å². The lowest BCUT2D eigenvalue weighted by atomic mass is 9.86. The number of aromatic nitrogens is 1. The third kappa shape index (κ3) is 1.62. The van der Waals surface area contributed by atoms with Gasteiger partial charge in [0, 0.05) is 12.3 Å². The van der Waals surface area contributed by atoms with Gasteiger partial charge in [0.2, 0.25) is 0 Å². The number of rotatable bonds is 1. The number of hydrogen-bond acceptors (Lipinski definition) is 4. The maximum atomic E-state index is 11.0. The molecule has 0 aromatic carbocycles. The van der Waals surface area contributed by atoms with Gasteiger partial charge in [-0.15, -0.1) is 0 Å². The molecule has 1 heterocycles. The highest BCUT2D eigenvalue weighted by atomic mass is 16.3. The number of hydrogen-bond donors (Lipinski definition) is 1. The van der Waals surface area contributed by atoms with E-state index >= 15 is 0 Å². The van der Waals surface area contributed by atoms with Crippen molar-refractivity contribution in [3.8, 4) is 0 Å². The molecule has 0 saturated heterocycles. The minimum atomic E-state index is -0.828. The molecule has 0 amide bonds. The smallest absolute Gasteiger partial charge is 0.197 e. The first kappa shape index (κ1) is 8.44. The third-order valence-electron chi connectivity index (χ3n) is 2.42. The van der Waals surface area contributed by atoms with Gasteiger partial charge < -0.3 is 9.52 Å². The number of ketones is 1. The lowest BCUT2D eigenvalue weighted by Crippen LogP contribution is -2.28. The Morgan fingerprint density at radius 1 is 1.62 bits per heavy atom. The Bertz CT molecular complexity index is 294. The van der Waals surface area contributed by atoms with Crippen LogP contribution >= 0.6 is 0 Å². The van der Waals surface area contributed by atoms with Crippen LogP contribution in [0.2, 0.25) is 0 Å². The van der Waals surface area contributed by atoms with Crippen molar-refractivity contribution in [2.75, 3.05) is 0 Å². The summed E-state index contributed by atoms with van der Waals surface area (Å²) in [5, 5.41) is 9.33. The molecule has 1 aliphatic rings. The fourth-order valence-corrected chi connectivity index (χ4v) is 1.66.